The van der Waals surface area contributed by atoms with Crippen LogP contribution < -0.4 is 10.1 Å². The van der Waals surface area contributed by atoms with Crippen molar-refractivity contribution in [2.75, 3.05) is 11.9 Å². The highest BCUT2D eigenvalue weighted by Crippen LogP contribution is 2.34. The fourth-order valence-electron chi connectivity index (χ4n) is 2.59. The SMILES string of the molecule is CCCCCCCOc1ccc(C(=O)Nc2cc(C(F)(F)F)ccc2Cl)cc1. The molecule has 0 aliphatic heterocycles. The highest BCUT2D eigenvalue weighted by molar-refractivity contribution is 6.34. The van der Waals surface area contributed by atoms with E-state index in [0.717, 1.165) is 31.0 Å². The van der Waals surface area contributed by atoms with Gasteiger partial charge in [0.05, 0.1) is 22.9 Å². The van der Waals surface area contributed by atoms with Crippen molar-refractivity contribution in [2.24, 2.45) is 0 Å². The van der Waals surface area contributed by atoms with Gasteiger partial charge in [0, 0.05) is 5.56 Å². The van der Waals surface area contributed by atoms with Crippen LogP contribution in [0.4, 0.5) is 18.9 Å². The number of halogens is 4. The monoisotopic (exact) mass is 413 g/mol. The molecule has 7 heteroatoms. The summed E-state index contributed by atoms with van der Waals surface area (Å²) in [7, 11) is 0. The molecule has 0 spiro atoms. The highest BCUT2D eigenvalue weighted by atomic mass is 35.5. The van der Waals surface area contributed by atoms with Crippen LogP contribution in [0.25, 0.3) is 0 Å². The topological polar surface area (TPSA) is 38.3 Å². The molecule has 1 N–H and O–H groups in total. The molecule has 152 valence electrons. The van der Waals surface area contributed by atoms with Crippen LogP contribution in [0.2, 0.25) is 5.02 Å². The Labute approximate surface area is 167 Å². The summed E-state index contributed by atoms with van der Waals surface area (Å²) < 4.78 is 44.1. The predicted molar refractivity (Wildman–Crippen MR) is 105 cm³/mol. The molecule has 1 amide bonds. The Bertz CT molecular complexity index is 776. The molecule has 0 radical (unpaired) electrons. The van der Waals surface area contributed by atoms with E-state index in [9.17, 15) is 18.0 Å². The molecular formula is C21H23ClF3NO2. The maximum atomic E-state index is 12.8. The van der Waals surface area contributed by atoms with Gasteiger partial charge >= 0.3 is 6.18 Å². The van der Waals surface area contributed by atoms with Gasteiger partial charge in [0.25, 0.3) is 5.91 Å². The van der Waals surface area contributed by atoms with Crippen molar-refractivity contribution in [1.29, 1.82) is 0 Å². The van der Waals surface area contributed by atoms with Crippen molar-refractivity contribution < 1.29 is 22.7 Å². The number of unbranched alkanes of at least 4 members (excludes halogenated alkanes) is 4. The second-order valence-electron chi connectivity index (χ2n) is 6.43. The van der Waals surface area contributed by atoms with E-state index in [1.807, 2.05) is 0 Å². The van der Waals surface area contributed by atoms with Crippen LogP contribution in [-0.4, -0.2) is 12.5 Å². The number of alkyl halides is 3. The van der Waals surface area contributed by atoms with Gasteiger partial charge in [0.1, 0.15) is 5.75 Å². The van der Waals surface area contributed by atoms with Gasteiger partial charge in [0.15, 0.2) is 0 Å². The molecule has 0 saturated carbocycles. The van der Waals surface area contributed by atoms with Crippen molar-refractivity contribution in [3.63, 3.8) is 0 Å². The van der Waals surface area contributed by atoms with Crippen molar-refractivity contribution in [1.82, 2.24) is 0 Å². The Morgan fingerprint density at radius 3 is 2.36 bits per heavy atom. The first-order chi connectivity index (χ1) is 13.3. The lowest BCUT2D eigenvalue weighted by atomic mass is 10.1. The summed E-state index contributed by atoms with van der Waals surface area (Å²) in [4.78, 5) is 12.3. The van der Waals surface area contributed by atoms with E-state index in [0.29, 0.717) is 17.9 Å². The van der Waals surface area contributed by atoms with E-state index in [2.05, 4.69) is 12.2 Å². The van der Waals surface area contributed by atoms with Crippen molar-refractivity contribution >= 4 is 23.2 Å². The summed E-state index contributed by atoms with van der Waals surface area (Å²) >= 11 is 5.90. The van der Waals surface area contributed by atoms with Crippen molar-refractivity contribution in [3.8, 4) is 5.75 Å². The molecule has 2 rings (SSSR count). The normalized spacial score (nSPS) is 11.3. The molecule has 0 aliphatic rings. The zero-order valence-electron chi connectivity index (χ0n) is 15.6. The summed E-state index contributed by atoms with van der Waals surface area (Å²) in [6.07, 6.45) is 1.18. The number of carbonyl (C=O) groups is 1. The van der Waals surface area contributed by atoms with Crippen LogP contribution >= 0.6 is 11.6 Å². The van der Waals surface area contributed by atoms with E-state index in [1.165, 1.54) is 19.3 Å². The third-order valence-corrected chi connectivity index (χ3v) is 4.50. The van der Waals surface area contributed by atoms with E-state index in [1.54, 1.807) is 24.3 Å². The van der Waals surface area contributed by atoms with E-state index < -0.39 is 17.6 Å². The number of carbonyl (C=O) groups excluding carboxylic acids is 1. The Morgan fingerprint density at radius 2 is 1.71 bits per heavy atom. The highest BCUT2D eigenvalue weighted by Gasteiger charge is 2.31. The molecule has 0 atom stereocenters. The number of hydrogen-bond acceptors (Lipinski definition) is 2. The maximum Gasteiger partial charge on any atom is 0.416 e. The minimum Gasteiger partial charge on any atom is -0.494 e. The second-order valence-corrected chi connectivity index (χ2v) is 6.84. The number of hydrogen-bond donors (Lipinski definition) is 1. The molecule has 0 fully saturated rings. The van der Waals surface area contributed by atoms with Gasteiger partial charge < -0.3 is 10.1 Å². The van der Waals surface area contributed by atoms with Crippen LogP contribution in [0, 0.1) is 0 Å². The Hall–Kier alpha value is -2.21. The molecule has 28 heavy (non-hydrogen) atoms. The summed E-state index contributed by atoms with van der Waals surface area (Å²) in [5.41, 5.74) is -0.674. The molecule has 2 aromatic rings. The van der Waals surface area contributed by atoms with Gasteiger partial charge in [0.2, 0.25) is 0 Å². The zero-order chi connectivity index (χ0) is 20.6. The molecule has 3 nitrogen and oxygen atoms in total. The molecule has 0 unspecified atom stereocenters. The molecule has 0 saturated heterocycles. The van der Waals surface area contributed by atoms with Crippen LogP contribution in [0.5, 0.6) is 5.75 Å². The number of anilines is 1. The van der Waals surface area contributed by atoms with Gasteiger partial charge in [-0.1, -0.05) is 44.2 Å². The van der Waals surface area contributed by atoms with Gasteiger partial charge in [-0.15, -0.1) is 0 Å². The van der Waals surface area contributed by atoms with Crippen molar-refractivity contribution in [3.05, 3.63) is 58.6 Å². The average Bonchev–Trinajstić information content (AvgIpc) is 2.66. The molecule has 0 aromatic heterocycles. The average molecular weight is 414 g/mol. The number of amides is 1. The Morgan fingerprint density at radius 1 is 1.04 bits per heavy atom. The Kier molecular flexibility index (Phi) is 8.18. The molecular weight excluding hydrogens is 391 g/mol. The van der Waals surface area contributed by atoms with Gasteiger partial charge in [-0.25, -0.2) is 0 Å². The van der Waals surface area contributed by atoms with Gasteiger partial charge in [-0.2, -0.15) is 13.2 Å². The van der Waals surface area contributed by atoms with E-state index >= 15 is 0 Å². The number of ether oxygens (including phenoxy) is 1. The van der Waals surface area contributed by atoms with Crippen molar-refractivity contribution in [2.45, 2.75) is 45.2 Å². The summed E-state index contributed by atoms with van der Waals surface area (Å²) in [6.45, 7) is 2.77. The lowest BCUT2D eigenvalue weighted by molar-refractivity contribution is -0.137. The first kappa shape index (κ1) is 22.1. The second kappa shape index (κ2) is 10.4. The van der Waals surface area contributed by atoms with E-state index in [4.69, 9.17) is 16.3 Å². The van der Waals surface area contributed by atoms with Gasteiger partial charge in [-0.05, 0) is 48.9 Å². The zero-order valence-corrected chi connectivity index (χ0v) is 16.4. The van der Waals surface area contributed by atoms with Crippen LogP contribution in [0.1, 0.15) is 54.9 Å². The third-order valence-electron chi connectivity index (χ3n) is 4.18. The minimum absolute atomic E-state index is 0.0318. The van der Waals surface area contributed by atoms with Crippen LogP contribution in [-0.2, 0) is 6.18 Å². The maximum absolute atomic E-state index is 12.8. The molecule has 0 heterocycles. The first-order valence-electron chi connectivity index (χ1n) is 9.22. The third kappa shape index (κ3) is 6.75. The number of rotatable bonds is 9. The van der Waals surface area contributed by atoms with E-state index in [-0.39, 0.29) is 10.7 Å². The lowest BCUT2D eigenvalue weighted by Crippen LogP contribution is -2.13. The standard InChI is InChI=1S/C21H23ClF3NO2/c1-2-3-4-5-6-13-28-17-10-7-15(8-11-17)20(27)26-19-14-16(21(23,24)25)9-12-18(19)22/h7-12,14H,2-6,13H2,1H3,(H,26,27). The fraction of sp³-hybridized carbons (Fsp3) is 0.381. The molecule has 0 bridgehead atoms. The fourth-order valence-corrected chi connectivity index (χ4v) is 2.75. The summed E-state index contributed by atoms with van der Waals surface area (Å²) in [5.74, 6) is 0.0940. The summed E-state index contributed by atoms with van der Waals surface area (Å²) in [6, 6.07) is 9.23. The Balaban J connectivity index is 1.93. The van der Waals surface area contributed by atoms with Crippen LogP contribution in [0.3, 0.4) is 0 Å². The van der Waals surface area contributed by atoms with Crippen LogP contribution in [0.15, 0.2) is 42.5 Å². The number of nitrogens with one attached hydrogen (secondary N) is 1. The van der Waals surface area contributed by atoms with Gasteiger partial charge in [-0.3, -0.25) is 4.79 Å². The summed E-state index contributed by atoms with van der Waals surface area (Å²) in [5, 5.41) is 2.45. The lowest BCUT2D eigenvalue weighted by Gasteiger charge is -2.12. The quantitative estimate of drug-likeness (QED) is 0.451. The molecule has 2 aromatic carbocycles. The smallest absolute Gasteiger partial charge is 0.416 e. The largest absolute Gasteiger partial charge is 0.494 e. The number of benzene rings is 2. The molecule has 0 aliphatic carbocycles. The minimum atomic E-state index is -4.51. The first-order valence-corrected chi connectivity index (χ1v) is 9.60. The predicted octanol–water partition coefficient (Wildman–Crippen LogP) is 6.96.